The predicted octanol–water partition coefficient (Wildman–Crippen LogP) is 2.99. The minimum absolute atomic E-state index is 0.221. The highest BCUT2D eigenvalue weighted by Gasteiger charge is 2.37. The highest BCUT2D eigenvalue weighted by atomic mass is 35.5. The van der Waals surface area contributed by atoms with E-state index in [1.54, 1.807) is 7.11 Å². The molecule has 2 rings (SSSR count). The van der Waals surface area contributed by atoms with Crippen molar-refractivity contribution in [1.82, 2.24) is 0 Å². The molecule has 1 aromatic carbocycles. The van der Waals surface area contributed by atoms with Crippen LogP contribution in [0.25, 0.3) is 0 Å². The fraction of sp³-hybridized carbons (Fsp3) is 0.500. The highest BCUT2D eigenvalue weighted by Crippen LogP contribution is 2.44. The summed E-state index contributed by atoms with van der Waals surface area (Å²) >= 11 is 6.06. The Morgan fingerprint density at radius 1 is 1.40 bits per heavy atom. The summed E-state index contributed by atoms with van der Waals surface area (Å²) in [6, 6.07) is 3.85. The van der Waals surface area contributed by atoms with E-state index in [9.17, 15) is 0 Å². The van der Waals surface area contributed by atoms with Gasteiger partial charge in [0.25, 0.3) is 0 Å². The lowest BCUT2D eigenvalue weighted by atomic mass is 9.72. The molecule has 0 saturated heterocycles. The lowest BCUT2D eigenvalue weighted by Crippen LogP contribution is -2.43. The second-order valence-electron chi connectivity index (χ2n) is 4.31. The monoisotopic (exact) mass is 225 g/mol. The first-order valence-corrected chi connectivity index (χ1v) is 5.58. The van der Waals surface area contributed by atoms with E-state index in [1.165, 1.54) is 6.42 Å². The summed E-state index contributed by atoms with van der Waals surface area (Å²) in [5, 5.41) is 0.736. The molecule has 1 fully saturated rings. The third-order valence-electron chi connectivity index (χ3n) is 3.23. The zero-order valence-corrected chi connectivity index (χ0v) is 9.90. The van der Waals surface area contributed by atoms with Crippen molar-refractivity contribution in [3.8, 4) is 5.75 Å². The largest absolute Gasteiger partial charge is 0.496 e. The van der Waals surface area contributed by atoms with Crippen molar-refractivity contribution in [3.05, 3.63) is 28.3 Å². The Bertz CT molecular complexity index is 385. The zero-order valence-electron chi connectivity index (χ0n) is 9.14. The topological polar surface area (TPSA) is 35.2 Å². The van der Waals surface area contributed by atoms with E-state index in [4.69, 9.17) is 22.1 Å². The number of nitrogens with two attached hydrogens (primary N) is 1. The van der Waals surface area contributed by atoms with Gasteiger partial charge >= 0.3 is 0 Å². The minimum Gasteiger partial charge on any atom is -0.496 e. The molecule has 0 atom stereocenters. The van der Waals surface area contributed by atoms with Crippen LogP contribution in [0.15, 0.2) is 12.1 Å². The van der Waals surface area contributed by atoms with Gasteiger partial charge in [-0.05, 0) is 43.9 Å². The van der Waals surface area contributed by atoms with Gasteiger partial charge in [-0.25, -0.2) is 0 Å². The van der Waals surface area contributed by atoms with Crippen molar-refractivity contribution >= 4 is 11.6 Å². The summed E-state index contributed by atoms with van der Waals surface area (Å²) in [7, 11) is 1.68. The van der Waals surface area contributed by atoms with E-state index < -0.39 is 0 Å². The van der Waals surface area contributed by atoms with Crippen LogP contribution < -0.4 is 10.5 Å². The minimum atomic E-state index is -0.221. The van der Waals surface area contributed by atoms with Crippen LogP contribution in [0.2, 0.25) is 5.02 Å². The number of methoxy groups -OCH3 is 1. The zero-order chi connectivity index (χ0) is 11.1. The molecule has 15 heavy (non-hydrogen) atoms. The van der Waals surface area contributed by atoms with Gasteiger partial charge in [0, 0.05) is 16.1 Å². The molecule has 1 saturated carbocycles. The fourth-order valence-electron chi connectivity index (χ4n) is 2.20. The Morgan fingerprint density at radius 3 is 2.53 bits per heavy atom. The second-order valence-corrected chi connectivity index (χ2v) is 4.75. The van der Waals surface area contributed by atoms with Crippen LogP contribution in [0.3, 0.4) is 0 Å². The van der Waals surface area contributed by atoms with E-state index >= 15 is 0 Å². The van der Waals surface area contributed by atoms with Crippen molar-refractivity contribution in [2.75, 3.05) is 7.11 Å². The third kappa shape index (κ3) is 1.72. The molecule has 0 aromatic heterocycles. The molecular formula is C12H16ClNO. The molecule has 1 aromatic rings. The Kier molecular flexibility index (Phi) is 2.65. The number of hydrogen-bond acceptors (Lipinski definition) is 2. The van der Waals surface area contributed by atoms with E-state index in [2.05, 4.69) is 0 Å². The number of halogens is 1. The summed E-state index contributed by atoms with van der Waals surface area (Å²) in [5.74, 6) is 0.890. The molecule has 0 aliphatic heterocycles. The maximum atomic E-state index is 6.30. The van der Waals surface area contributed by atoms with Crippen LogP contribution in [-0.2, 0) is 5.54 Å². The Morgan fingerprint density at radius 2 is 2.07 bits per heavy atom. The molecular weight excluding hydrogens is 210 g/mol. The maximum Gasteiger partial charge on any atom is 0.126 e. The standard InChI is InChI=1S/C12H16ClNO/c1-8-6-9(13)7-10(11(8)15-2)12(14)4-3-5-12/h6-7H,3-5,14H2,1-2H3. The Balaban J connectivity index is 2.53. The molecule has 82 valence electrons. The highest BCUT2D eigenvalue weighted by molar-refractivity contribution is 6.30. The molecule has 3 heteroatoms. The lowest BCUT2D eigenvalue weighted by Gasteiger charge is -2.39. The summed E-state index contributed by atoms with van der Waals surface area (Å²) < 4.78 is 5.41. The molecule has 1 aliphatic rings. The smallest absolute Gasteiger partial charge is 0.126 e. The van der Waals surface area contributed by atoms with Crippen molar-refractivity contribution < 1.29 is 4.74 Å². The fourth-order valence-corrected chi connectivity index (χ4v) is 2.47. The molecule has 0 radical (unpaired) electrons. The lowest BCUT2D eigenvalue weighted by molar-refractivity contribution is 0.243. The molecule has 0 amide bonds. The summed E-state index contributed by atoms with van der Waals surface area (Å²) in [5.41, 5.74) is 8.19. The van der Waals surface area contributed by atoms with E-state index in [-0.39, 0.29) is 5.54 Å². The molecule has 0 unspecified atom stereocenters. The van der Waals surface area contributed by atoms with Crippen LogP contribution in [0, 0.1) is 6.92 Å². The normalized spacial score (nSPS) is 18.4. The molecule has 0 spiro atoms. The van der Waals surface area contributed by atoms with Crippen LogP contribution in [-0.4, -0.2) is 7.11 Å². The summed E-state index contributed by atoms with van der Waals surface area (Å²) in [4.78, 5) is 0. The van der Waals surface area contributed by atoms with Gasteiger partial charge in [0.15, 0.2) is 0 Å². The van der Waals surface area contributed by atoms with Crippen molar-refractivity contribution in [2.45, 2.75) is 31.7 Å². The van der Waals surface area contributed by atoms with Gasteiger partial charge in [-0.2, -0.15) is 0 Å². The Labute approximate surface area is 95.4 Å². The summed E-state index contributed by atoms with van der Waals surface area (Å²) in [6.07, 6.45) is 3.22. The first-order chi connectivity index (χ1) is 7.07. The van der Waals surface area contributed by atoms with Crippen LogP contribution >= 0.6 is 11.6 Å². The first-order valence-electron chi connectivity index (χ1n) is 5.20. The van der Waals surface area contributed by atoms with E-state index in [0.29, 0.717) is 0 Å². The maximum absolute atomic E-state index is 6.30. The third-order valence-corrected chi connectivity index (χ3v) is 3.44. The van der Waals surface area contributed by atoms with Gasteiger partial charge in [0.05, 0.1) is 7.11 Å². The quantitative estimate of drug-likeness (QED) is 0.840. The number of hydrogen-bond donors (Lipinski definition) is 1. The van der Waals surface area contributed by atoms with Crippen molar-refractivity contribution in [1.29, 1.82) is 0 Å². The van der Waals surface area contributed by atoms with Gasteiger partial charge < -0.3 is 10.5 Å². The van der Waals surface area contributed by atoms with Crippen molar-refractivity contribution in [3.63, 3.8) is 0 Å². The average molecular weight is 226 g/mol. The van der Waals surface area contributed by atoms with Gasteiger partial charge in [0.2, 0.25) is 0 Å². The SMILES string of the molecule is COc1c(C)cc(Cl)cc1C1(N)CCC1. The molecule has 2 N–H and O–H groups in total. The van der Waals surface area contributed by atoms with E-state index in [0.717, 1.165) is 34.7 Å². The summed E-state index contributed by atoms with van der Waals surface area (Å²) in [6.45, 7) is 2.00. The number of rotatable bonds is 2. The average Bonchev–Trinajstić information content (AvgIpc) is 2.13. The van der Waals surface area contributed by atoms with Gasteiger partial charge in [-0.1, -0.05) is 11.6 Å². The Hall–Kier alpha value is -0.730. The van der Waals surface area contributed by atoms with Crippen LogP contribution in [0.5, 0.6) is 5.75 Å². The number of benzene rings is 1. The van der Waals surface area contributed by atoms with Crippen molar-refractivity contribution in [2.24, 2.45) is 5.73 Å². The predicted molar refractivity (Wildman–Crippen MR) is 62.5 cm³/mol. The molecule has 0 heterocycles. The molecule has 2 nitrogen and oxygen atoms in total. The van der Waals surface area contributed by atoms with Gasteiger partial charge in [-0.15, -0.1) is 0 Å². The second kappa shape index (κ2) is 3.69. The number of ether oxygens (including phenoxy) is 1. The molecule has 0 bridgehead atoms. The first kappa shape index (κ1) is 10.8. The van der Waals surface area contributed by atoms with E-state index in [1.807, 2.05) is 19.1 Å². The van der Waals surface area contributed by atoms with Gasteiger partial charge in [0.1, 0.15) is 5.75 Å². The number of aryl methyl sites for hydroxylation is 1. The van der Waals surface area contributed by atoms with Gasteiger partial charge in [-0.3, -0.25) is 0 Å². The molecule has 1 aliphatic carbocycles. The van der Waals surface area contributed by atoms with Crippen LogP contribution in [0.4, 0.5) is 0 Å². The van der Waals surface area contributed by atoms with Crippen LogP contribution in [0.1, 0.15) is 30.4 Å².